The van der Waals surface area contributed by atoms with E-state index in [9.17, 15) is 13.2 Å². The molecule has 0 aromatic heterocycles. The number of rotatable bonds is 14. The predicted molar refractivity (Wildman–Crippen MR) is 96.5 cm³/mol. The summed E-state index contributed by atoms with van der Waals surface area (Å²) in [5.41, 5.74) is 6.87. The second kappa shape index (κ2) is 12.0. The smallest absolute Gasteiger partial charge is 0.264 e. The fourth-order valence-corrected chi connectivity index (χ4v) is 2.72. The summed E-state index contributed by atoms with van der Waals surface area (Å²) >= 11 is 1.73. The van der Waals surface area contributed by atoms with Gasteiger partial charge in [-0.05, 0) is 43.9 Å². The van der Waals surface area contributed by atoms with Gasteiger partial charge in [0.2, 0.25) is 0 Å². The molecule has 0 bridgehead atoms. The second-order valence-electron chi connectivity index (χ2n) is 5.43. The van der Waals surface area contributed by atoms with Gasteiger partial charge < -0.3 is 16.4 Å². The molecule has 0 aromatic rings. The third-order valence-electron chi connectivity index (χ3n) is 3.33. The monoisotopic (exact) mass is 367 g/mol. The molecule has 0 saturated heterocycles. The molecule has 0 radical (unpaired) electrons. The first-order valence-corrected chi connectivity index (χ1v) is 10.5. The first kappa shape index (κ1) is 22.6. The Kier molecular flexibility index (Phi) is 11.8. The zero-order valence-corrected chi connectivity index (χ0v) is 15.5. The Labute approximate surface area is 143 Å². The van der Waals surface area contributed by atoms with Crippen molar-refractivity contribution in [3.8, 4) is 0 Å². The molecular formula is C14H29N3O4S2. The van der Waals surface area contributed by atoms with Crippen molar-refractivity contribution in [1.82, 2.24) is 10.6 Å². The highest BCUT2D eigenvalue weighted by Gasteiger charge is 2.14. The Morgan fingerprint density at radius 2 is 2.04 bits per heavy atom. The number of ketones is 1. The maximum atomic E-state index is 11.9. The molecule has 0 heterocycles. The van der Waals surface area contributed by atoms with E-state index in [0.29, 0.717) is 13.1 Å². The van der Waals surface area contributed by atoms with Crippen LogP contribution in [0.1, 0.15) is 19.8 Å². The lowest BCUT2D eigenvalue weighted by Gasteiger charge is -2.18. The van der Waals surface area contributed by atoms with Crippen LogP contribution in [0.4, 0.5) is 0 Å². The number of thioether (sulfide) groups is 1. The van der Waals surface area contributed by atoms with Gasteiger partial charge in [-0.2, -0.15) is 20.2 Å². The molecule has 0 fully saturated rings. The van der Waals surface area contributed by atoms with Crippen LogP contribution in [0.3, 0.4) is 0 Å². The van der Waals surface area contributed by atoms with Crippen LogP contribution >= 0.6 is 11.8 Å². The first-order chi connectivity index (χ1) is 10.7. The number of carbonyl (C=O) groups is 1. The zero-order chi connectivity index (χ0) is 17.9. The molecule has 0 aliphatic rings. The second-order valence-corrected chi connectivity index (χ2v) is 7.99. The average Bonchev–Trinajstić information content (AvgIpc) is 2.47. The number of hydrogen-bond acceptors (Lipinski definition) is 7. The van der Waals surface area contributed by atoms with Gasteiger partial charge in [-0.25, -0.2) is 0 Å². The Morgan fingerprint density at radius 1 is 1.39 bits per heavy atom. The third-order valence-corrected chi connectivity index (χ3v) is 4.78. The predicted octanol–water partition coefficient (Wildman–Crippen LogP) is 0.0377. The standard InChI is InChI=1S/C14H29N3O4S2/c1-11(13(15)5-7-22-3)9-17-12(2)14(18)10-16-6-4-8-23(19,20)21/h12-13,16-17H,1,4-10,15H2,2-3H3,(H,19,20,21)/t12-,13-/m0/s1. The maximum absolute atomic E-state index is 11.9. The molecule has 0 aliphatic heterocycles. The normalized spacial score (nSPS) is 14.4. The van der Waals surface area contributed by atoms with Crippen molar-refractivity contribution < 1.29 is 17.8 Å². The number of nitrogens with one attached hydrogen (secondary N) is 2. The van der Waals surface area contributed by atoms with E-state index in [1.807, 2.05) is 6.26 Å². The van der Waals surface area contributed by atoms with Crippen LogP contribution in [0.2, 0.25) is 0 Å². The van der Waals surface area contributed by atoms with E-state index >= 15 is 0 Å². The lowest BCUT2D eigenvalue weighted by molar-refractivity contribution is -0.119. The number of carbonyl (C=O) groups excluding carboxylic acids is 1. The Bertz CT molecular complexity index is 469. The molecule has 0 saturated carbocycles. The van der Waals surface area contributed by atoms with Crippen LogP contribution in [0.5, 0.6) is 0 Å². The minimum absolute atomic E-state index is 0.0256. The van der Waals surface area contributed by atoms with Crippen LogP contribution < -0.4 is 16.4 Å². The van der Waals surface area contributed by atoms with Crippen molar-refractivity contribution in [3.63, 3.8) is 0 Å². The molecule has 136 valence electrons. The van der Waals surface area contributed by atoms with E-state index in [2.05, 4.69) is 17.2 Å². The van der Waals surface area contributed by atoms with Crippen LogP contribution in [-0.4, -0.2) is 68.2 Å². The molecule has 2 atom stereocenters. The largest absolute Gasteiger partial charge is 0.324 e. The highest BCUT2D eigenvalue weighted by atomic mass is 32.2. The first-order valence-electron chi connectivity index (χ1n) is 7.51. The van der Waals surface area contributed by atoms with Crippen molar-refractivity contribution >= 4 is 27.7 Å². The molecule has 0 rings (SSSR count). The molecule has 0 amide bonds. The fourth-order valence-electron chi connectivity index (χ4n) is 1.72. The van der Waals surface area contributed by atoms with Crippen molar-refractivity contribution in [2.45, 2.75) is 31.8 Å². The summed E-state index contributed by atoms with van der Waals surface area (Å²) in [6.07, 6.45) is 3.14. The molecule has 0 spiro atoms. The van der Waals surface area contributed by atoms with Gasteiger partial charge in [0, 0.05) is 12.6 Å². The van der Waals surface area contributed by atoms with Gasteiger partial charge in [-0.3, -0.25) is 9.35 Å². The third kappa shape index (κ3) is 12.6. The summed E-state index contributed by atoms with van der Waals surface area (Å²) in [6.45, 7) is 6.70. The van der Waals surface area contributed by atoms with Gasteiger partial charge in [0.1, 0.15) is 0 Å². The minimum atomic E-state index is -3.93. The van der Waals surface area contributed by atoms with Crippen molar-refractivity contribution in [3.05, 3.63) is 12.2 Å². The summed E-state index contributed by atoms with van der Waals surface area (Å²) in [5, 5.41) is 5.95. The van der Waals surface area contributed by atoms with E-state index in [4.69, 9.17) is 10.3 Å². The minimum Gasteiger partial charge on any atom is -0.324 e. The Balaban J connectivity index is 3.87. The Hall–Kier alpha value is -0.450. The number of Topliss-reactive ketones (excluding diaryl/α,β-unsaturated/α-hetero) is 1. The molecule has 7 nitrogen and oxygen atoms in total. The topological polar surface area (TPSA) is 122 Å². The van der Waals surface area contributed by atoms with Crippen molar-refractivity contribution in [2.75, 3.05) is 37.4 Å². The highest BCUT2D eigenvalue weighted by molar-refractivity contribution is 7.98. The molecule has 23 heavy (non-hydrogen) atoms. The number of hydrogen-bond donors (Lipinski definition) is 4. The molecule has 0 aliphatic carbocycles. The summed E-state index contributed by atoms with van der Waals surface area (Å²) in [6, 6.07) is -0.413. The summed E-state index contributed by atoms with van der Waals surface area (Å²) in [5.74, 6) is 0.639. The lowest BCUT2D eigenvalue weighted by Crippen LogP contribution is -2.42. The van der Waals surface area contributed by atoms with Gasteiger partial charge in [0.25, 0.3) is 10.1 Å². The van der Waals surface area contributed by atoms with E-state index < -0.39 is 10.1 Å². The van der Waals surface area contributed by atoms with E-state index in [1.54, 1.807) is 18.7 Å². The Morgan fingerprint density at radius 3 is 2.61 bits per heavy atom. The molecule has 9 heteroatoms. The van der Waals surface area contributed by atoms with Gasteiger partial charge in [0.15, 0.2) is 5.78 Å². The summed E-state index contributed by atoms with van der Waals surface area (Å²) in [4.78, 5) is 11.9. The van der Waals surface area contributed by atoms with Crippen molar-refractivity contribution in [2.24, 2.45) is 5.73 Å². The summed E-state index contributed by atoms with van der Waals surface area (Å²) in [7, 11) is -3.93. The molecule has 0 unspecified atom stereocenters. The summed E-state index contributed by atoms with van der Waals surface area (Å²) < 4.78 is 29.7. The van der Waals surface area contributed by atoms with Gasteiger partial charge >= 0.3 is 0 Å². The van der Waals surface area contributed by atoms with E-state index in [-0.39, 0.29) is 36.6 Å². The van der Waals surface area contributed by atoms with E-state index in [1.165, 1.54) is 0 Å². The van der Waals surface area contributed by atoms with Crippen LogP contribution in [-0.2, 0) is 14.9 Å². The van der Waals surface area contributed by atoms with Gasteiger partial charge in [-0.15, -0.1) is 0 Å². The van der Waals surface area contributed by atoms with Crippen molar-refractivity contribution in [1.29, 1.82) is 0 Å². The van der Waals surface area contributed by atoms with Crippen LogP contribution in [0.25, 0.3) is 0 Å². The average molecular weight is 368 g/mol. The SMILES string of the molecule is C=C(CN[C@@H](C)C(=O)CNCCCS(=O)(=O)O)[C@@H](N)CCSC. The highest BCUT2D eigenvalue weighted by Crippen LogP contribution is 2.05. The molecular weight excluding hydrogens is 338 g/mol. The zero-order valence-electron chi connectivity index (χ0n) is 13.9. The fraction of sp³-hybridized carbons (Fsp3) is 0.786. The van der Waals surface area contributed by atoms with Gasteiger partial charge in [0.05, 0.1) is 18.3 Å². The number of nitrogens with two attached hydrogens (primary N) is 1. The maximum Gasteiger partial charge on any atom is 0.264 e. The lowest BCUT2D eigenvalue weighted by atomic mass is 10.1. The van der Waals surface area contributed by atoms with Crippen LogP contribution in [0.15, 0.2) is 12.2 Å². The van der Waals surface area contributed by atoms with Crippen LogP contribution in [0, 0.1) is 0 Å². The quantitative estimate of drug-likeness (QED) is 0.193. The molecule has 0 aromatic carbocycles. The van der Waals surface area contributed by atoms with Gasteiger partial charge in [-0.1, -0.05) is 6.58 Å². The molecule has 5 N–H and O–H groups in total. The van der Waals surface area contributed by atoms with E-state index in [0.717, 1.165) is 17.7 Å².